The van der Waals surface area contributed by atoms with E-state index < -0.39 is 17.8 Å². The van der Waals surface area contributed by atoms with Crippen molar-refractivity contribution < 1.29 is 19.1 Å². The van der Waals surface area contributed by atoms with Crippen molar-refractivity contribution in [2.24, 2.45) is 0 Å². The van der Waals surface area contributed by atoms with Crippen molar-refractivity contribution in [2.45, 2.75) is 38.8 Å². The van der Waals surface area contributed by atoms with E-state index in [4.69, 9.17) is 9.47 Å². The van der Waals surface area contributed by atoms with Crippen LogP contribution in [0.15, 0.2) is 24.3 Å². The minimum Gasteiger partial charge on any atom is -0.447 e. The number of hydrogen-bond acceptors (Lipinski definition) is 4. The maximum Gasteiger partial charge on any atom is 0.419 e. The molecule has 1 amide bonds. The van der Waals surface area contributed by atoms with E-state index in [1.165, 1.54) is 0 Å². The molecule has 1 fully saturated rings. The maximum atomic E-state index is 12.6. The van der Waals surface area contributed by atoms with Gasteiger partial charge in [-0.05, 0) is 61.4 Å². The number of nitrogens with zero attached hydrogens (tertiary/aromatic N) is 1. The summed E-state index contributed by atoms with van der Waals surface area (Å²) in [7, 11) is 0. The Morgan fingerprint density at radius 2 is 2.12 bits per heavy atom. The van der Waals surface area contributed by atoms with Gasteiger partial charge in [-0.25, -0.2) is 14.2 Å². The van der Waals surface area contributed by atoms with E-state index >= 15 is 0 Å². The third-order valence-corrected chi connectivity index (χ3v) is 4.81. The molecule has 128 valence electrons. The minimum absolute atomic E-state index is 0.0936. The molecule has 0 saturated carbocycles. The van der Waals surface area contributed by atoms with Crippen LogP contribution in [-0.2, 0) is 15.9 Å². The predicted molar refractivity (Wildman–Crippen MR) is 98.3 cm³/mol. The monoisotopic (exact) mass is 442 g/mol. The van der Waals surface area contributed by atoms with E-state index in [2.05, 4.69) is 27.9 Å². The van der Waals surface area contributed by atoms with Gasteiger partial charge in [-0.3, -0.25) is 0 Å². The van der Waals surface area contributed by atoms with Crippen molar-refractivity contribution in [3.8, 4) is 0 Å². The van der Waals surface area contributed by atoms with Gasteiger partial charge in [0, 0.05) is 5.39 Å². The smallest absolute Gasteiger partial charge is 0.419 e. The lowest BCUT2D eigenvalue weighted by Crippen LogP contribution is -2.29. The van der Waals surface area contributed by atoms with Crippen LogP contribution < -0.4 is 5.32 Å². The van der Waals surface area contributed by atoms with Gasteiger partial charge in [-0.2, -0.15) is 0 Å². The van der Waals surface area contributed by atoms with Gasteiger partial charge in [-0.15, -0.1) is 0 Å². The Bertz CT molecular complexity index is 807. The number of benzene rings is 1. The molecule has 0 unspecified atom stereocenters. The average Bonchev–Trinajstić information content (AvgIpc) is 3.00. The van der Waals surface area contributed by atoms with Crippen LogP contribution in [-0.4, -0.2) is 35.0 Å². The Kier molecular flexibility index (Phi) is 4.46. The zero-order valence-electron chi connectivity index (χ0n) is 13.8. The highest BCUT2D eigenvalue weighted by Gasteiger charge is 2.28. The molecule has 1 aromatic carbocycles. The van der Waals surface area contributed by atoms with E-state index in [1.807, 2.05) is 45.0 Å². The molecule has 0 bridgehead atoms. The molecule has 0 aliphatic carbocycles. The number of ether oxygens (including phenoxy) is 2. The second-order valence-corrected chi connectivity index (χ2v) is 7.77. The van der Waals surface area contributed by atoms with Crippen LogP contribution in [0.2, 0.25) is 0 Å². The van der Waals surface area contributed by atoms with Crippen LogP contribution in [0, 0.1) is 3.70 Å². The molecule has 1 atom stereocenters. The summed E-state index contributed by atoms with van der Waals surface area (Å²) in [6, 6.07) is 7.61. The van der Waals surface area contributed by atoms with Gasteiger partial charge in [0.15, 0.2) is 0 Å². The number of para-hydroxylation sites is 1. The summed E-state index contributed by atoms with van der Waals surface area (Å²) in [5.74, 6) is 0. The largest absolute Gasteiger partial charge is 0.447 e. The van der Waals surface area contributed by atoms with Crippen LogP contribution in [0.25, 0.3) is 10.9 Å². The Balaban J connectivity index is 2.02. The standard InChI is InChI=1S/C17H19IN2O4/c1-17(2,3)24-16(22)20-13-7-5-4-6-11(13)12(14(20)18)8-10-9-23-15(21)19-10/h4-7,10H,8-9H2,1-3H3,(H,19,21)/t10-/m0/s1. The number of fused-ring (bicyclic) bond motifs is 1. The molecule has 6 nitrogen and oxygen atoms in total. The van der Waals surface area contributed by atoms with Crippen molar-refractivity contribution in [2.75, 3.05) is 6.61 Å². The highest BCUT2D eigenvalue weighted by Crippen LogP contribution is 2.30. The molecule has 3 rings (SSSR count). The van der Waals surface area contributed by atoms with Crippen LogP contribution in [0.5, 0.6) is 0 Å². The van der Waals surface area contributed by atoms with Crippen LogP contribution in [0.3, 0.4) is 0 Å². The van der Waals surface area contributed by atoms with E-state index in [9.17, 15) is 9.59 Å². The first kappa shape index (κ1) is 17.1. The number of aromatic nitrogens is 1. The summed E-state index contributed by atoms with van der Waals surface area (Å²) in [6.07, 6.45) is -0.202. The van der Waals surface area contributed by atoms with Crippen LogP contribution in [0.4, 0.5) is 9.59 Å². The number of hydrogen-bond donors (Lipinski definition) is 1. The van der Waals surface area contributed by atoms with Crippen molar-refractivity contribution in [3.63, 3.8) is 0 Å². The molecule has 2 heterocycles. The fourth-order valence-electron chi connectivity index (χ4n) is 2.74. The number of carbonyl (C=O) groups is 2. The zero-order valence-corrected chi connectivity index (χ0v) is 15.9. The second-order valence-electron chi connectivity index (χ2n) is 6.75. The Hall–Kier alpha value is -1.77. The van der Waals surface area contributed by atoms with Gasteiger partial charge in [0.25, 0.3) is 0 Å². The normalized spacial score (nSPS) is 17.7. The van der Waals surface area contributed by atoms with Crippen LogP contribution >= 0.6 is 22.6 Å². The summed E-state index contributed by atoms with van der Waals surface area (Å²) in [5.41, 5.74) is 1.24. The first-order valence-corrected chi connectivity index (χ1v) is 8.78. The second kappa shape index (κ2) is 6.27. The van der Waals surface area contributed by atoms with Gasteiger partial charge >= 0.3 is 12.2 Å². The van der Waals surface area contributed by atoms with E-state index in [-0.39, 0.29) is 6.04 Å². The zero-order chi connectivity index (χ0) is 17.5. The first-order valence-electron chi connectivity index (χ1n) is 7.71. The van der Waals surface area contributed by atoms with E-state index in [1.54, 1.807) is 4.57 Å². The molecule has 1 saturated heterocycles. The SMILES string of the molecule is CC(C)(C)OC(=O)n1c(I)c(C[C@H]2COC(=O)N2)c2ccccc21. The molecule has 7 heteroatoms. The number of cyclic esters (lactones) is 1. The molecule has 0 spiro atoms. The number of amides is 1. The number of halogens is 1. The van der Waals surface area contributed by atoms with Crippen molar-refractivity contribution in [3.05, 3.63) is 33.5 Å². The van der Waals surface area contributed by atoms with Gasteiger partial charge in [-0.1, -0.05) is 18.2 Å². The van der Waals surface area contributed by atoms with Gasteiger partial charge in [0.05, 0.1) is 15.3 Å². The molecule has 1 aliphatic rings. The number of rotatable bonds is 2. The molecular weight excluding hydrogens is 423 g/mol. The van der Waals surface area contributed by atoms with Gasteiger partial charge in [0.2, 0.25) is 0 Å². The highest BCUT2D eigenvalue weighted by molar-refractivity contribution is 14.1. The third kappa shape index (κ3) is 3.35. The van der Waals surface area contributed by atoms with E-state index in [0.717, 1.165) is 20.2 Å². The molecule has 2 aromatic rings. The Morgan fingerprint density at radius 1 is 1.42 bits per heavy atom. The molecular formula is C17H19IN2O4. The number of alkyl carbamates (subject to hydrolysis) is 1. The van der Waals surface area contributed by atoms with Crippen molar-refractivity contribution in [1.82, 2.24) is 9.88 Å². The van der Waals surface area contributed by atoms with Crippen molar-refractivity contribution >= 4 is 45.7 Å². The van der Waals surface area contributed by atoms with E-state index in [0.29, 0.717) is 13.0 Å². The molecule has 1 aliphatic heterocycles. The summed E-state index contributed by atoms with van der Waals surface area (Å²) in [5, 5.41) is 3.76. The summed E-state index contributed by atoms with van der Waals surface area (Å²) < 4.78 is 12.9. The summed E-state index contributed by atoms with van der Waals surface area (Å²) in [4.78, 5) is 23.9. The quantitative estimate of drug-likeness (QED) is 0.721. The van der Waals surface area contributed by atoms with Gasteiger partial charge < -0.3 is 14.8 Å². The highest BCUT2D eigenvalue weighted by atomic mass is 127. The minimum atomic E-state index is -0.570. The first-order chi connectivity index (χ1) is 11.3. The lowest BCUT2D eigenvalue weighted by molar-refractivity contribution is 0.0540. The number of carbonyl (C=O) groups excluding carboxylic acids is 2. The lowest BCUT2D eigenvalue weighted by atomic mass is 10.1. The maximum absolute atomic E-state index is 12.6. The topological polar surface area (TPSA) is 69.6 Å². The number of nitrogens with one attached hydrogen (secondary N) is 1. The fourth-order valence-corrected chi connectivity index (χ4v) is 3.71. The average molecular weight is 442 g/mol. The fraction of sp³-hybridized carbons (Fsp3) is 0.412. The van der Waals surface area contributed by atoms with Gasteiger partial charge in [0.1, 0.15) is 12.2 Å². The Labute approximate surface area is 153 Å². The Morgan fingerprint density at radius 3 is 2.75 bits per heavy atom. The molecule has 0 radical (unpaired) electrons. The summed E-state index contributed by atoms with van der Waals surface area (Å²) in [6.45, 7) is 5.86. The summed E-state index contributed by atoms with van der Waals surface area (Å²) >= 11 is 2.16. The molecule has 1 aromatic heterocycles. The lowest BCUT2D eigenvalue weighted by Gasteiger charge is -2.20. The van der Waals surface area contributed by atoms with Crippen LogP contribution in [0.1, 0.15) is 26.3 Å². The molecule has 1 N–H and O–H groups in total. The molecule has 24 heavy (non-hydrogen) atoms. The van der Waals surface area contributed by atoms with Crippen molar-refractivity contribution in [1.29, 1.82) is 0 Å². The predicted octanol–water partition coefficient (Wildman–Crippen LogP) is 3.68. The third-order valence-electron chi connectivity index (χ3n) is 3.68.